The molecule has 0 aliphatic rings. The van der Waals surface area contributed by atoms with E-state index in [2.05, 4.69) is 91.0 Å². The Hall–Kier alpha value is -1.69. The van der Waals surface area contributed by atoms with Gasteiger partial charge in [0.1, 0.15) is 5.69 Å². The predicted octanol–water partition coefficient (Wildman–Crippen LogP) is 6.89. The van der Waals surface area contributed by atoms with Crippen molar-refractivity contribution < 1.29 is 0 Å². The number of pyridine rings is 2. The number of halogens is 2. The summed E-state index contributed by atoms with van der Waals surface area (Å²) in [6.07, 6.45) is 2.11. The Morgan fingerprint density at radius 2 is 1.79 bits per heavy atom. The highest BCUT2D eigenvalue weighted by Gasteiger charge is 2.16. The molecule has 0 aliphatic heterocycles. The summed E-state index contributed by atoms with van der Waals surface area (Å²) in [5.74, 6) is 0. The van der Waals surface area contributed by atoms with Crippen LogP contribution in [0.5, 0.6) is 0 Å². The molecule has 1 aromatic carbocycles. The summed E-state index contributed by atoms with van der Waals surface area (Å²) >= 11 is 8.87. The Kier molecular flexibility index (Phi) is 3.30. The van der Waals surface area contributed by atoms with Crippen LogP contribution in [0.4, 0.5) is 0 Å². The fourth-order valence-electron chi connectivity index (χ4n) is 3.18. The first-order valence-electron chi connectivity index (χ1n) is 7.45. The number of aromatic nitrogens is 2. The van der Waals surface area contributed by atoms with E-state index in [0.29, 0.717) is 0 Å². The van der Waals surface area contributed by atoms with Crippen molar-refractivity contribution >= 4 is 70.5 Å². The number of benzene rings is 1. The SMILES string of the molecule is Brc1ccc2cc3c4ccccc4nc(-c4ccc(Br)s4)c3n2c1. The van der Waals surface area contributed by atoms with Crippen molar-refractivity contribution in [3.8, 4) is 10.6 Å². The van der Waals surface area contributed by atoms with Gasteiger partial charge in [-0.15, -0.1) is 11.3 Å². The van der Waals surface area contributed by atoms with E-state index in [4.69, 9.17) is 4.98 Å². The number of fused-ring (bicyclic) bond motifs is 5. The molecule has 5 aromatic rings. The average Bonchev–Trinajstić information content (AvgIpc) is 3.18. The molecule has 0 radical (unpaired) electrons. The minimum absolute atomic E-state index is 1.03. The van der Waals surface area contributed by atoms with Crippen LogP contribution in [0.15, 0.2) is 69.1 Å². The number of hydrogen-bond acceptors (Lipinski definition) is 2. The van der Waals surface area contributed by atoms with Crippen molar-refractivity contribution in [1.82, 2.24) is 9.38 Å². The minimum Gasteiger partial charge on any atom is -0.313 e. The van der Waals surface area contributed by atoms with Crippen molar-refractivity contribution in [1.29, 1.82) is 0 Å². The van der Waals surface area contributed by atoms with Crippen LogP contribution >= 0.6 is 43.2 Å². The third-order valence-corrected chi connectivity index (χ3v) is 6.29. The first-order chi connectivity index (χ1) is 11.7. The van der Waals surface area contributed by atoms with E-state index >= 15 is 0 Å². The van der Waals surface area contributed by atoms with Crippen LogP contribution in [-0.2, 0) is 0 Å². The first-order valence-corrected chi connectivity index (χ1v) is 9.86. The molecular formula is C19H10Br2N2S. The molecule has 4 aromatic heterocycles. The molecule has 5 heteroatoms. The second-order valence-corrected chi connectivity index (χ2v) is 9.01. The topological polar surface area (TPSA) is 17.3 Å². The number of nitrogens with zero attached hydrogens (tertiary/aromatic N) is 2. The molecular weight excluding hydrogens is 448 g/mol. The van der Waals surface area contributed by atoms with E-state index < -0.39 is 0 Å². The van der Waals surface area contributed by atoms with E-state index in [-0.39, 0.29) is 0 Å². The van der Waals surface area contributed by atoms with Gasteiger partial charge >= 0.3 is 0 Å². The minimum atomic E-state index is 1.03. The van der Waals surface area contributed by atoms with Crippen molar-refractivity contribution in [2.24, 2.45) is 0 Å². The number of para-hydroxylation sites is 1. The standard InChI is InChI=1S/C19H10Br2N2S/c20-11-5-6-12-9-14-13-3-1-2-4-15(13)22-18(19(14)23(12)10-11)16-7-8-17(21)24-16/h1-10H. The van der Waals surface area contributed by atoms with Gasteiger partial charge in [-0.25, -0.2) is 4.98 Å². The van der Waals surface area contributed by atoms with Gasteiger partial charge in [-0.2, -0.15) is 0 Å². The van der Waals surface area contributed by atoms with Crippen molar-refractivity contribution in [2.45, 2.75) is 0 Å². The molecule has 0 saturated carbocycles. The average molecular weight is 458 g/mol. The molecule has 0 fully saturated rings. The highest BCUT2D eigenvalue weighted by molar-refractivity contribution is 9.11. The van der Waals surface area contributed by atoms with E-state index in [1.807, 2.05) is 6.07 Å². The third kappa shape index (κ3) is 2.15. The molecule has 0 N–H and O–H groups in total. The second kappa shape index (κ2) is 5.41. The Balaban J connectivity index is 2.05. The fourth-order valence-corrected chi connectivity index (χ4v) is 4.89. The molecule has 5 rings (SSSR count). The Morgan fingerprint density at radius 3 is 2.62 bits per heavy atom. The van der Waals surface area contributed by atoms with Gasteiger partial charge in [-0.1, -0.05) is 18.2 Å². The quantitative estimate of drug-likeness (QED) is 0.267. The Labute approximate surface area is 159 Å². The maximum Gasteiger partial charge on any atom is 0.106 e. The number of thiophene rings is 1. The fraction of sp³-hybridized carbons (Fsp3) is 0. The van der Waals surface area contributed by atoms with Crippen LogP contribution in [-0.4, -0.2) is 9.38 Å². The van der Waals surface area contributed by atoms with Crippen LogP contribution in [0.25, 0.3) is 37.9 Å². The molecule has 24 heavy (non-hydrogen) atoms. The molecule has 2 nitrogen and oxygen atoms in total. The lowest BCUT2D eigenvalue weighted by atomic mass is 10.1. The van der Waals surface area contributed by atoms with E-state index in [9.17, 15) is 0 Å². The van der Waals surface area contributed by atoms with Gasteiger partial charge in [0.2, 0.25) is 0 Å². The van der Waals surface area contributed by atoms with Gasteiger partial charge in [0.15, 0.2) is 0 Å². The second-order valence-electron chi connectivity index (χ2n) is 5.63. The summed E-state index contributed by atoms with van der Waals surface area (Å²) < 4.78 is 4.39. The largest absolute Gasteiger partial charge is 0.313 e. The van der Waals surface area contributed by atoms with Crippen LogP contribution in [0, 0.1) is 0 Å². The third-order valence-electron chi connectivity index (χ3n) is 4.19. The molecule has 116 valence electrons. The lowest BCUT2D eigenvalue weighted by molar-refractivity contribution is 1.23. The summed E-state index contributed by atoms with van der Waals surface area (Å²) in [6, 6.07) is 19.0. The van der Waals surface area contributed by atoms with Gasteiger partial charge in [0.05, 0.1) is 19.7 Å². The lowest BCUT2D eigenvalue weighted by Crippen LogP contribution is -1.90. The number of rotatable bonds is 1. The van der Waals surface area contributed by atoms with Crippen LogP contribution < -0.4 is 0 Å². The normalized spacial score (nSPS) is 11.8. The molecule has 0 amide bonds. The van der Waals surface area contributed by atoms with Crippen LogP contribution in [0.2, 0.25) is 0 Å². The number of hydrogen-bond donors (Lipinski definition) is 0. The van der Waals surface area contributed by atoms with Gasteiger partial charge < -0.3 is 4.40 Å². The van der Waals surface area contributed by atoms with Crippen molar-refractivity contribution in [3.05, 3.63) is 69.1 Å². The van der Waals surface area contributed by atoms with Gasteiger partial charge in [-0.3, -0.25) is 0 Å². The zero-order valence-electron chi connectivity index (χ0n) is 12.3. The summed E-state index contributed by atoms with van der Waals surface area (Å²) in [5, 5.41) is 2.42. The molecule has 0 spiro atoms. The molecule has 0 bridgehead atoms. The first kappa shape index (κ1) is 14.6. The van der Waals surface area contributed by atoms with Gasteiger partial charge in [-0.05, 0) is 68.3 Å². The maximum absolute atomic E-state index is 4.99. The zero-order valence-corrected chi connectivity index (χ0v) is 16.3. The summed E-state index contributed by atoms with van der Waals surface area (Å²) in [5.41, 5.74) is 4.37. The highest BCUT2D eigenvalue weighted by Crippen LogP contribution is 2.38. The Morgan fingerprint density at radius 1 is 0.917 bits per heavy atom. The van der Waals surface area contributed by atoms with Crippen molar-refractivity contribution in [2.75, 3.05) is 0 Å². The summed E-state index contributed by atoms with van der Waals surface area (Å²) in [6.45, 7) is 0. The van der Waals surface area contributed by atoms with Crippen LogP contribution in [0.3, 0.4) is 0 Å². The molecule has 0 saturated heterocycles. The maximum atomic E-state index is 4.99. The monoisotopic (exact) mass is 456 g/mol. The smallest absolute Gasteiger partial charge is 0.106 e. The van der Waals surface area contributed by atoms with Crippen molar-refractivity contribution in [3.63, 3.8) is 0 Å². The predicted molar refractivity (Wildman–Crippen MR) is 109 cm³/mol. The van der Waals surface area contributed by atoms with Gasteiger partial charge in [0, 0.05) is 27.0 Å². The lowest BCUT2D eigenvalue weighted by Gasteiger charge is -2.07. The Bertz CT molecular complexity index is 1240. The highest BCUT2D eigenvalue weighted by atomic mass is 79.9. The molecule has 0 unspecified atom stereocenters. The molecule has 4 heterocycles. The summed E-state index contributed by atoms with van der Waals surface area (Å²) in [7, 11) is 0. The van der Waals surface area contributed by atoms with E-state index in [0.717, 1.165) is 29.9 Å². The van der Waals surface area contributed by atoms with E-state index in [1.54, 1.807) is 11.3 Å². The van der Waals surface area contributed by atoms with Gasteiger partial charge in [0.25, 0.3) is 0 Å². The van der Waals surface area contributed by atoms with Crippen LogP contribution in [0.1, 0.15) is 0 Å². The van der Waals surface area contributed by atoms with E-state index in [1.165, 1.54) is 16.3 Å². The zero-order chi connectivity index (χ0) is 16.3. The summed E-state index contributed by atoms with van der Waals surface area (Å²) in [4.78, 5) is 6.16. The molecule has 0 atom stereocenters. The molecule has 0 aliphatic carbocycles.